The van der Waals surface area contributed by atoms with E-state index in [-0.39, 0.29) is 6.04 Å². The average molecular weight is 344 g/mol. The molecule has 2 heterocycles. The van der Waals surface area contributed by atoms with Crippen LogP contribution < -0.4 is 5.32 Å². The Kier molecular flexibility index (Phi) is 5.56. The number of thiazole rings is 1. The lowest BCUT2D eigenvalue weighted by Crippen LogP contribution is -2.37. The molecule has 126 valence electrons. The summed E-state index contributed by atoms with van der Waals surface area (Å²) >= 11 is 1.63. The van der Waals surface area contributed by atoms with Crippen LogP contribution in [0.4, 0.5) is 4.39 Å². The number of benzene rings is 1. The fourth-order valence-electron chi connectivity index (χ4n) is 3.15. The zero-order valence-electron chi connectivity index (χ0n) is 13.7. The van der Waals surface area contributed by atoms with Crippen LogP contribution in [0.5, 0.6) is 0 Å². The minimum absolute atomic E-state index is 0.182. The van der Waals surface area contributed by atoms with Gasteiger partial charge in [0.1, 0.15) is 6.17 Å². The monoisotopic (exact) mass is 344 g/mol. The summed E-state index contributed by atoms with van der Waals surface area (Å²) in [5.41, 5.74) is 2.77. The SMILES string of the molecule is Cc1nc(CN2C[C@@H](F)C[C@H]2CNCc2cccc(C#N)c2)cs1. The molecule has 0 spiro atoms. The zero-order valence-corrected chi connectivity index (χ0v) is 14.5. The molecule has 0 radical (unpaired) electrons. The van der Waals surface area contributed by atoms with Crippen LogP contribution in [-0.2, 0) is 13.1 Å². The number of hydrogen-bond acceptors (Lipinski definition) is 5. The maximum Gasteiger partial charge on any atom is 0.114 e. The molecule has 2 aromatic rings. The van der Waals surface area contributed by atoms with Gasteiger partial charge in [0.25, 0.3) is 0 Å². The number of rotatable bonds is 6. The van der Waals surface area contributed by atoms with Gasteiger partial charge in [-0.1, -0.05) is 12.1 Å². The third-order valence-corrected chi connectivity index (χ3v) is 5.10. The molecule has 1 aromatic carbocycles. The van der Waals surface area contributed by atoms with E-state index in [1.165, 1.54) is 0 Å². The van der Waals surface area contributed by atoms with Gasteiger partial charge in [-0.25, -0.2) is 9.37 Å². The van der Waals surface area contributed by atoms with E-state index in [0.717, 1.165) is 22.8 Å². The lowest BCUT2D eigenvalue weighted by Gasteiger charge is -2.23. The van der Waals surface area contributed by atoms with Gasteiger partial charge in [0.05, 0.1) is 22.3 Å². The molecule has 0 bridgehead atoms. The van der Waals surface area contributed by atoms with E-state index in [2.05, 4.69) is 26.6 Å². The van der Waals surface area contributed by atoms with Crippen molar-refractivity contribution in [1.82, 2.24) is 15.2 Å². The fourth-order valence-corrected chi connectivity index (χ4v) is 3.76. The van der Waals surface area contributed by atoms with Crippen LogP contribution in [0, 0.1) is 18.3 Å². The Bertz CT molecular complexity index is 724. The van der Waals surface area contributed by atoms with Gasteiger partial charge in [-0.15, -0.1) is 11.3 Å². The van der Waals surface area contributed by atoms with Gasteiger partial charge in [0.15, 0.2) is 0 Å². The van der Waals surface area contributed by atoms with Crippen molar-refractivity contribution in [3.63, 3.8) is 0 Å². The van der Waals surface area contributed by atoms with Crippen molar-refractivity contribution in [3.05, 3.63) is 51.5 Å². The quantitative estimate of drug-likeness (QED) is 0.875. The fraction of sp³-hybridized carbons (Fsp3) is 0.444. The molecule has 0 saturated carbocycles. The number of aromatic nitrogens is 1. The van der Waals surface area contributed by atoms with Crippen LogP contribution in [-0.4, -0.2) is 35.2 Å². The molecule has 1 fully saturated rings. The first-order chi connectivity index (χ1) is 11.6. The van der Waals surface area contributed by atoms with Crippen LogP contribution in [0.25, 0.3) is 0 Å². The molecule has 1 aliphatic rings. The number of nitrogens with zero attached hydrogens (tertiary/aromatic N) is 3. The van der Waals surface area contributed by atoms with Crippen LogP contribution in [0.15, 0.2) is 29.6 Å². The van der Waals surface area contributed by atoms with Crippen molar-refractivity contribution < 1.29 is 4.39 Å². The maximum absolute atomic E-state index is 13.9. The molecule has 0 unspecified atom stereocenters. The van der Waals surface area contributed by atoms with Crippen molar-refractivity contribution in [1.29, 1.82) is 5.26 Å². The molecular formula is C18H21FN4S. The molecule has 1 N–H and O–H groups in total. The second-order valence-electron chi connectivity index (χ2n) is 6.22. The number of hydrogen-bond donors (Lipinski definition) is 1. The number of alkyl halides is 1. The Labute approximate surface area is 145 Å². The van der Waals surface area contributed by atoms with Crippen molar-refractivity contribution >= 4 is 11.3 Å². The highest BCUT2D eigenvalue weighted by Crippen LogP contribution is 2.23. The van der Waals surface area contributed by atoms with Gasteiger partial charge in [-0.05, 0) is 31.0 Å². The topological polar surface area (TPSA) is 52.0 Å². The van der Waals surface area contributed by atoms with Crippen LogP contribution in [0.1, 0.15) is 28.2 Å². The highest BCUT2D eigenvalue weighted by Gasteiger charge is 2.32. The average Bonchev–Trinajstić information content (AvgIpc) is 3.13. The van der Waals surface area contributed by atoms with E-state index in [1.807, 2.05) is 25.1 Å². The van der Waals surface area contributed by atoms with Crippen molar-refractivity contribution in [2.45, 2.75) is 38.6 Å². The molecule has 2 atom stereocenters. The third-order valence-electron chi connectivity index (χ3n) is 4.27. The van der Waals surface area contributed by atoms with E-state index in [1.54, 1.807) is 17.4 Å². The molecular weight excluding hydrogens is 323 g/mol. The molecule has 24 heavy (non-hydrogen) atoms. The van der Waals surface area contributed by atoms with Gasteiger partial charge in [0, 0.05) is 37.6 Å². The first-order valence-corrected chi connectivity index (χ1v) is 9.01. The smallest absolute Gasteiger partial charge is 0.114 e. The molecule has 4 nitrogen and oxygen atoms in total. The molecule has 1 aromatic heterocycles. The van der Waals surface area contributed by atoms with E-state index < -0.39 is 6.17 Å². The van der Waals surface area contributed by atoms with E-state index >= 15 is 0 Å². The lowest BCUT2D eigenvalue weighted by atomic mass is 10.1. The molecule has 1 aliphatic heterocycles. The minimum Gasteiger partial charge on any atom is -0.311 e. The van der Waals surface area contributed by atoms with Crippen molar-refractivity contribution in [2.75, 3.05) is 13.1 Å². The van der Waals surface area contributed by atoms with Gasteiger partial charge in [-0.2, -0.15) is 5.26 Å². The predicted octanol–water partition coefficient (Wildman–Crippen LogP) is 3.03. The lowest BCUT2D eigenvalue weighted by molar-refractivity contribution is 0.228. The van der Waals surface area contributed by atoms with E-state index in [4.69, 9.17) is 5.26 Å². The van der Waals surface area contributed by atoms with Crippen molar-refractivity contribution in [3.8, 4) is 6.07 Å². The van der Waals surface area contributed by atoms with Crippen LogP contribution >= 0.6 is 11.3 Å². The number of halogens is 1. The first kappa shape index (κ1) is 17.0. The summed E-state index contributed by atoms with van der Waals surface area (Å²) in [7, 11) is 0. The van der Waals surface area contributed by atoms with Crippen LogP contribution in [0.2, 0.25) is 0 Å². The highest BCUT2D eigenvalue weighted by molar-refractivity contribution is 7.09. The summed E-state index contributed by atoms with van der Waals surface area (Å²) in [6.07, 6.45) is -0.201. The zero-order chi connectivity index (χ0) is 16.9. The minimum atomic E-state index is -0.765. The largest absolute Gasteiger partial charge is 0.311 e. The Balaban J connectivity index is 1.53. The second-order valence-corrected chi connectivity index (χ2v) is 7.28. The Hall–Kier alpha value is -1.81. The summed E-state index contributed by atoms with van der Waals surface area (Å²) in [5, 5.41) is 15.4. The van der Waals surface area contributed by atoms with Gasteiger partial charge < -0.3 is 5.32 Å². The van der Waals surface area contributed by atoms with Gasteiger partial charge in [0.2, 0.25) is 0 Å². The number of nitriles is 1. The summed E-state index contributed by atoms with van der Waals surface area (Å²) in [6, 6.07) is 9.90. The number of likely N-dealkylation sites (tertiary alicyclic amines) is 1. The molecule has 0 aliphatic carbocycles. The Morgan fingerprint density at radius 2 is 2.38 bits per heavy atom. The Morgan fingerprint density at radius 1 is 1.50 bits per heavy atom. The van der Waals surface area contributed by atoms with E-state index in [9.17, 15) is 4.39 Å². The molecule has 6 heteroatoms. The second kappa shape index (κ2) is 7.84. The summed E-state index contributed by atoms with van der Waals surface area (Å²) in [5.74, 6) is 0. The van der Waals surface area contributed by atoms with E-state index in [0.29, 0.717) is 31.6 Å². The summed E-state index contributed by atoms with van der Waals surface area (Å²) in [6.45, 7) is 4.60. The predicted molar refractivity (Wildman–Crippen MR) is 93.4 cm³/mol. The summed E-state index contributed by atoms with van der Waals surface area (Å²) in [4.78, 5) is 6.66. The van der Waals surface area contributed by atoms with Gasteiger partial charge in [-0.3, -0.25) is 4.90 Å². The molecule has 1 saturated heterocycles. The molecule has 3 rings (SSSR count). The Morgan fingerprint density at radius 3 is 3.12 bits per heavy atom. The van der Waals surface area contributed by atoms with Crippen LogP contribution in [0.3, 0.4) is 0 Å². The molecule has 0 amide bonds. The first-order valence-electron chi connectivity index (χ1n) is 8.13. The number of nitrogens with one attached hydrogen (secondary N) is 1. The van der Waals surface area contributed by atoms with Gasteiger partial charge >= 0.3 is 0 Å². The summed E-state index contributed by atoms with van der Waals surface area (Å²) < 4.78 is 13.9. The maximum atomic E-state index is 13.9. The number of aryl methyl sites for hydroxylation is 1. The standard InChI is InChI=1S/C18H21FN4S/c1-13-22-17(12-24-13)11-23-10-16(19)6-18(23)9-21-8-15-4-2-3-14(5-15)7-20/h2-5,12,16,18,21H,6,8-11H2,1H3/t16-,18-/m0/s1. The third kappa shape index (κ3) is 4.38. The normalized spacial score (nSPS) is 21.0. The van der Waals surface area contributed by atoms with Crippen molar-refractivity contribution in [2.24, 2.45) is 0 Å². The highest BCUT2D eigenvalue weighted by atomic mass is 32.1.